The number of ether oxygens (including phenoxy) is 3. The van der Waals surface area contributed by atoms with Crippen LogP contribution < -0.4 is 10.7 Å². The number of fused-ring (bicyclic) bond motifs is 6. The molecular weight excluding hydrogens is 881 g/mol. The van der Waals surface area contributed by atoms with E-state index in [4.69, 9.17) is 24.2 Å². The summed E-state index contributed by atoms with van der Waals surface area (Å²) in [6.45, 7) is 22.7. The van der Waals surface area contributed by atoms with E-state index < -0.39 is 28.9 Å². The van der Waals surface area contributed by atoms with Crippen molar-refractivity contribution in [3.05, 3.63) is 58.2 Å². The predicted octanol–water partition coefficient (Wildman–Crippen LogP) is 5.95. The topological polar surface area (TPSA) is 160 Å². The van der Waals surface area contributed by atoms with Gasteiger partial charge in [-0.1, -0.05) is 38.5 Å². The van der Waals surface area contributed by atoms with Crippen molar-refractivity contribution in [1.29, 1.82) is 0 Å². The zero-order chi connectivity index (χ0) is 48.5. The molecule has 0 unspecified atom stereocenters. The number of cyclic esters (lactones) is 1. The number of allylic oxidation sites excluding steroid dienone is 2. The maximum atomic E-state index is 14.6. The van der Waals surface area contributed by atoms with Gasteiger partial charge in [-0.05, 0) is 96.8 Å². The van der Waals surface area contributed by atoms with Crippen molar-refractivity contribution in [2.45, 2.75) is 130 Å². The average Bonchev–Trinajstić information content (AvgIpc) is 3.84. The Kier molecular flexibility index (Phi) is 14.5. The summed E-state index contributed by atoms with van der Waals surface area (Å²) in [5.41, 5.74) is 7.93. The van der Waals surface area contributed by atoms with Crippen molar-refractivity contribution >= 4 is 57.7 Å². The van der Waals surface area contributed by atoms with Gasteiger partial charge in [0.25, 0.3) is 11.8 Å². The van der Waals surface area contributed by atoms with E-state index in [-0.39, 0.29) is 55.1 Å². The van der Waals surface area contributed by atoms with Gasteiger partial charge >= 0.3 is 5.97 Å². The number of esters is 1. The number of aromatic nitrogens is 2. The molecule has 5 aliphatic rings. The van der Waals surface area contributed by atoms with Crippen molar-refractivity contribution in [2.75, 3.05) is 53.0 Å². The van der Waals surface area contributed by atoms with Gasteiger partial charge in [0.15, 0.2) is 0 Å². The Labute approximate surface area is 404 Å². The van der Waals surface area contributed by atoms with E-state index in [1.807, 2.05) is 39.2 Å². The van der Waals surface area contributed by atoms with Crippen LogP contribution in [-0.2, 0) is 52.8 Å². The second kappa shape index (κ2) is 20.0. The molecule has 1 aliphatic carbocycles. The molecule has 3 aromatic rings. The molecule has 2 N–H and O–H groups in total. The van der Waals surface area contributed by atoms with Gasteiger partial charge < -0.3 is 29.0 Å². The number of amides is 3. The van der Waals surface area contributed by atoms with E-state index in [1.54, 1.807) is 18.2 Å². The van der Waals surface area contributed by atoms with Gasteiger partial charge in [-0.15, -0.1) is 11.3 Å². The fourth-order valence-electron chi connectivity index (χ4n) is 9.60. The lowest BCUT2D eigenvalue weighted by atomic mass is 9.84. The largest absolute Gasteiger partial charge is 0.464 e. The second-order valence-corrected chi connectivity index (χ2v) is 21.2. The molecule has 4 fully saturated rings. The van der Waals surface area contributed by atoms with Crippen molar-refractivity contribution in [3.8, 4) is 23.1 Å². The zero-order valence-corrected chi connectivity index (χ0v) is 41.9. The van der Waals surface area contributed by atoms with Crippen LogP contribution in [0.4, 0.5) is 0 Å². The number of nitrogens with zero attached hydrogens (tertiary/aromatic N) is 6. The minimum absolute atomic E-state index is 0.135. The van der Waals surface area contributed by atoms with Crippen LogP contribution in [0.25, 0.3) is 27.7 Å². The molecule has 2 aromatic heterocycles. The molecule has 0 radical (unpaired) electrons. The second-order valence-electron chi connectivity index (χ2n) is 20.3. The number of hydrazine groups is 1. The highest BCUT2D eigenvalue weighted by Crippen LogP contribution is 2.47. The van der Waals surface area contributed by atoms with Crippen LogP contribution in [0, 0.1) is 22.7 Å². The first-order valence-electron chi connectivity index (χ1n) is 24.2. The van der Waals surface area contributed by atoms with Gasteiger partial charge in [0.2, 0.25) is 5.91 Å². The highest BCUT2D eigenvalue weighted by Gasteiger charge is 2.52. The van der Waals surface area contributed by atoms with Gasteiger partial charge in [-0.25, -0.2) is 10.4 Å². The fraction of sp³-hybridized carbons (Fsp3) is 0.577. The summed E-state index contributed by atoms with van der Waals surface area (Å²) in [7, 11) is 1.67. The molecule has 6 bridgehead atoms. The number of thiazole rings is 1. The number of carbonyl (C=O) groups is 4. The van der Waals surface area contributed by atoms with Crippen LogP contribution in [0.15, 0.2) is 46.9 Å². The maximum absolute atomic E-state index is 14.6. The van der Waals surface area contributed by atoms with Crippen LogP contribution >= 0.6 is 11.3 Å². The normalized spacial score (nSPS) is 22.8. The third kappa shape index (κ3) is 10.2. The number of methoxy groups -OCH3 is 1. The molecule has 6 heterocycles. The molecule has 68 heavy (non-hydrogen) atoms. The van der Waals surface area contributed by atoms with Crippen LogP contribution in [0.3, 0.4) is 0 Å². The number of aryl methyl sites for hydroxylation is 1. The molecule has 15 nitrogen and oxygen atoms in total. The minimum Gasteiger partial charge on any atom is -0.464 e. The molecule has 3 saturated heterocycles. The summed E-state index contributed by atoms with van der Waals surface area (Å²) < 4.78 is 20.5. The number of benzene rings is 1. The predicted molar refractivity (Wildman–Crippen MR) is 264 cm³/mol. The van der Waals surface area contributed by atoms with E-state index in [0.717, 1.165) is 64.2 Å². The fourth-order valence-corrected chi connectivity index (χ4v) is 10.5. The quantitative estimate of drug-likeness (QED) is 0.0962. The first kappa shape index (κ1) is 49.2. The highest BCUT2D eigenvalue weighted by atomic mass is 32.1. The molecule has 1 aromatic carbocycles. The number of aliphatic imine (C=N–C) groups is 1. The highest BCUT2D eigenvalue weighted by molar-refractivity contribution is 7.10. The Bertz CT molecular complexity index is 2570. The van der Waals surface area contributed by atoms with E-state index in [1.165, 1.54) is 16.3 Å². The van der Waals surface area contributed by atoms with Crippen molar-refractivity contribution in [2.24, 2.45) is 15.8 Å². The molecule has 16 heteroatoms. The van der Waals surface area contributed by atoms with Crippen LogP contribution in [-0.4, -0.2) is 137 Å². The standard InChI is InChI=1S/C52H68N8O7S/c1-10-36(45(53-11-2)33(4)65-9)46-38-27-50(5,6)31-67-48(63)39-15-13-24-60(56-39)47(62)40(26-43-54-41(30-68-43)34-16-17-42(37(38)25-34)59(46)12-3)55-49(64)52(20-21-52)32-66-35-28-57(29-35)44(61)18-19-51(7,8)58-22-14-23-58/h10-11,16-17,25,30,33,35,39-40,56H,1,12-15,20-24,26-29,31-32H2,2-9H3,(H,55,64)/b45-36+,53-11?/t33-,39-,40-/m0/s1. The average molecular weight is 949 g/mol. The Balaban J connectivity index is 1.06. The first-order chi connectivity index (χ1) is 32.5. The van der Waals surface area contributed by atoms with Gasteiger partial charge in [0, 0.05) is 91.8 Å². The summed E-state index contributed by atoms with van der Waals surface area (Å²) in [4.78, 5) is 69.4. The molecule has 3 amide bonds. The maximum Gasteiger partial charge on any atom is 0.324 e. The van der Waals surface area contributed by atoms with E-state index in [0.29, 0.717) is 63.3 Å². The van der Waals surface area contributed by atoms with Gasteiger partial charge in [-0.2, -0.15) is 0 Å². The number of nitrogens with one attached hydrogen (secondary N) is 2. The molecular formula is C52H68N8O7S. The SMILES string of the molecule is C=C/C(=C(\N=CC)[C@H](C)OC)c1c2c3cc(ccc3n1CC)-c1csc(n1)C[C@H](NC(=O)C1(COC3CN(C(=O)C#CC(C)(C)N4CCC4)C3)CC1)C(=O)N1CCC[C@H](N1)C(=O)OCC(C)(C)C2. The molecule has 1 saturated carbocycles. The van der Waals surface area contributed by atoms with E-state index >= 15 is 0 Å². The molecule has 3 atom stereocenters. The van der Waals surface area contributed by atoms with Crippen molar-refractivity contribution in [1.82, 2.24) is 35.1 Å². The zero-order valence-electron chi connectivity index (χ0n) is 41.0. The third-order valence-corrected chi connectivity index (χ3v) is 15.1. The summed E-state index contributed by atoms with van der Waals surface area (Å²) in [6.07, 6.45) is 7.29. The number of carbonyl (C=O) groups excluding carboxylic acids is 4. The molecule has 8 rings (SSSR count). The lowest BCUT2D eigenvalue weighted by molar-refractivity contribution is -0.155. The Morgan fingerprint density at radius 3 is 2.60 bits per heavy atom. The number of rotatable bonds is 12. The van der Waals surface area contributed by atoms with E-state index in [9.17, 15) is 19.2 Å². The van der Waals surface area contributed by atoms with Crippen LogP contribution in [0.5, 0.6) is 0 Å². The lowest BCUT2D eigenvalue weighted by Crippen LogP contribution is -2.61. The van der Waals surface area contributed by atoms with Crippen molar-refractivity contribution < 1.29 is 33.4 Å². The smallest absolute Gasteiger partial charge is 0.324 e. The molecule has 0 spiro atoms. The summed E-state index contributed by atoms with van der Waals surface area (Å²) in [5.74, 6) is 4.72. The summed E-state index contributed by atoms with van der Waals surface area (Å²) in [6, 6.07) is 4.66. The third-order valence-electron chi connectivity index (χ3n) is 14.2. The number of likely N-dealkylation sites (tertiary alicyclic amines) is 2. The summed E-state index contributed by atoms with van der Waals surface area (Å²) >= 11 is 1.44. The Morgan fingerprint density at radius 2 is 1.94 bits per heavy atom. The van der Waals surface area contributed by atoms with Gasteiger partial charge in [-0.3, -0.25) is 34.1 Å². The van der Waals surface area contributed by atoms with Gasteiger partial charge in [0.05, 0.1) is 58.5 Å². The Hall–Kier alpha value is -5.18. The van der Waals surface area contributed by atoms with Gasteiger partial charge in [0.1, 0.15) is 12.1 Å². The summed E-state index contributed by atoms with van der Waals surface area (Å²) in [5, 5.41) is 8.30. The number of hydrogen-bond donors (Lipinski definition) is 2. The number of hydrogen-bond acceptors (Lipinski definition) is 12. The Morgan fingerprint density at radius 1 is 1.18 bits per heavy atom. The van der Waals surface area contributed by atoms with Crippen molar-refractivity contribution in [3.63, 3.8) is 0 Å². The molecule has 364 valence electrons. The monoisotopic (exact) mass is 948 g/mol. The van der Waals surface area contributed by atoms with E-state index in [2.05, 4.69) is 77.6 Å². The van der Waals surface area contributed by atoms with Crippen LogP contribution in [0.2, 0.25) is 0 Å². The minimum atomic E-state index is -0.969. The van der Waals surface area contributed by atoms with Crippen LogP contribution in [0.1, 0.15) is 96.8 Å². The lowest BCUT2D eigenvalue weighted by Gasteiger charge is -2.41. The molecule has 4 aliphatic heterocycles. The first-order valence-corrected chi connectivity index (χ1v) is 25.1.